The van der Waals surface area contributed by atoms with Crippen molar-refractivity contribution in [1.82, 2.24) is 4.98 Å². The second kappa shape index (κ2) is 3.43. The highest BCUT2D eigenvalue weighted by molar-refractivity contribution is 7.17. The molecule has 2 heterocycles. The average Bonchev–Trinajstić information content (AvgIpc) is 2.83. The molecule has 15 heavy (non-hydrogen) atoms. The Morgan fingerprint density at radius 2 is 1.93 bits per heavy atom. The Hall–Kier alpha value is -1.19. The van der Waals surface area contributed by atoms with Crippen LogP contribution in [0.4, 0.5) is 0 Å². The average molecular weight is 231 g/mol. The smallest absolute Gasteiger partial charge is 0.0901 e. The van der Waals surface area contributed by atoms with Crippen LogP contribution < -0.4 is 0 Å². The van der Waals surface area contributed by atoms with E-state index in [2.05, 4.69) is 40.0 Å². The van der Waals surface area contributed by atoms with Gasteiger partial charge in [0.25, 0.3) is 0 Å². The number of nitrogens with zero attached hydrogens (tertiary/aromatic N) is 1. The fourth-order valence-electron chi connectivity index (χ4n) is 1.66. The minimum Gasteiger partial charge on any atom is -0.241 e. The predicted molar refractivity (Wildman–Crippen MR) is 67.7 cm³/mol. The lowest BCUT2D eigenvalue weighted by Gasteiger charge is -1.93. The number of fused-ring (bicyclic) bond motifs is 1. The molecule has 0 aliphatic rings. The van der Waals surface area contributed by atoms with Gasteiger partial charge in [0.1, 0.15) is 0 Å². The maximum atomic E-state index is 4.53. The SMILES string of the molecule is Cc1nc(-c2csc3ccccc23)cs1. The zero-order chi connectivity index (χ0) is 10.3. The molecule has 1 nitrogen and oxygen atoms in total. The molecule has 0 saturated carbocycles. The molecular formula is C12H9NS2. The summed E-state index contributed by atoms with van der Waals surface area (Å²) < 4.78 is 1.33. The maximum absolute atomic E-state index is 4.53. The Morgan fingerprint density at radius 3 is 2.73 bits per heavy atom. The first-order valence-corrected chi connectivity index (χ1v) is 6.49. The van der Waals surface area contributed by atoms with Gasteiger partial charge in [0.05, 0.1) is 10.7 Å². The van der Waals surface area contributed by atoms with Crippen LogP contribution in [0.15, 0.2) is 35.0 Å². The summed E-state index contributed by atoms with van der Waals surface area (Å²) in [4.78, 5) is 4.53. The van der Waals surface area contributed by atoms with Crippen molar-refractivity contribution >= 4 is 32.8 Å². The van der Waals surface area contributed by atoms with Crippen LogP contribution in [-0.2, 0) is 0 Å². The van der Waals surface area contributed by atoms with E-state index in [1.807, 2.05) is 6.92 Å². The number of hydrogen-bond donors (Lipinski definition) is 0. The van der Waals surface area contributed by atoms with Gasteiger partial charge in [-0.25, -0.2) is 4.98 Å². The molecule has 0 bridgehead atoms. The Labute approximate surface area is 96.0 Å². The molecule has 74 valence electrons. The Bertz CT molecular complexity index is 607. The van der Waals surface area contributed by atoms with Crippen molar-refractivity contribution in [3.8, 4) is 11.3 Å². The second-order valence-corrected chi connectivity index (χ2v) is 5.37. The number of aromatic nitrogens is 1. The monoisotopic (exact) mass is 231 g/mol. The largest absolute Gasteiger partial charge is 0.241 e. The standard InChI is InChI=1S/C12H9NS2/c1-8-13-11(7-14-8)10-6-15-12-5-3-2-4-9(10)12/h2-7H,1H3. The van der Waals surface area contributed by atoms with E-state index < -0.39 is 0 Å². The number of benzene rings is 1. The van der Waals surface area contributed by atoms with E-state index in [4.69, 9.17) is 0 Å². The molecule has 0 saturated heterocycles. The number of thiophene rings is 1. The minimum atomic E-state index is 1.11. The molecule has 0 atom stereocenters. The summed E-state index contributed by atoms with van der Waals surface area (Å²) in [7, 11) is 0. The van der Waals surface area contributed by atoms with Crippen LogP contribution in [0.25, 0.3) is 21.3 Å². The summed E-state index contributed by atoms with van der Waals surface area (Å²) >= 11 is 3.49. The molecule has 3 heteroatoms. The first kappa shape index (κ1) is 9.07. The number of aryl methyl sites for hydroxylation is 1. The van der Waals surface area contributed by atoms with Crippen molar-refractivity contribution in [1.29, 1.82) is 0 Å². The number of hydrogen-bond acceptors (Lipinski definition) is 3. The topological polar surface area (TPSA) is 12.9 Å². The molecule has 0 unspecified atom stereocenters. The van der Waals surface area contributed by atoms with Gasteiger partial charge >= 0.3 is 0 Å². The molecule has 3 aromatic rings. The van der Waals surface area contributed by atoms with Gasteiger partial charge in [0, 0.05) is 26.4 Å². The van der Waals surface area contributed by atoms with Crippen molar-refractivity contribution < 1.29 is 0 Å². The van der Waals surface area contributed by atoms with Crippen LogP contribution in [0, 0.1) is 6.92 Å². The predicted octanol–water partition coefficient (Wildman–Crippen LogP) is 4.33. The second-order valence-electron chi connectivity index (χ2n) is 3.40. The molecule has 0 spiro atoms. The first-order chi connectivity index (χ1) is 7.34. The summed E-state index contributed by atoms with van der Waals surface area (Å²) in [5.41, 5.74) is 2.37. The molecule has 1 aromatic carbocycles. The lowest BCUT2D eigenvalue weighted by Crippen LogP contribution is -1.75. The van der Waals surface area contributed by atoms with E-state index in [9.17, 15) is 0 Å². The van der Waals surface area contributed by atoms with Crippen LogP contribution in [0.3, 0.4) is 0 Å². The highest BCUT2D eigenvalue weighted by Gasteiger charge is 2.07. The van der Waals surface area contributed by atoms with Gasteiger partial charge in [-0.15, -0.1) is 22.7 Å². The van der Waals surface area contributed by atoms with Crippen molar-refractivity contribution in [2.24, 2.45) is 0 Å². The van der Waals surface area contributed by atoms with Crippen molar-refractivity contribution in [2.75, 3.05) is 0 Å². The quantitative estimate of drug-likeness (QED) is 0.607. The van der Waals surface area contributed by atoms with Crippen LogP contribution in [0.5, 0.6) is 0 Å². The molecule has 2 aromatic heterocycles. The molecular weight excluding hydrogens is 222 g/mol. The van der Waals surface area contributed by atoms with E-state index >= 15 is 0 Å². The fraction of sp³-hybridized carbons (Fsp3) is 0.0833. The van der Waals surface area contributed by atoms with Crippen LogP contribution in [0.1, 0.15) is 5.01 Å². The molecule has 0 aliphatic heterocycles. The van der Waals surface area contributed by atoms with Gasteiger partial charge in [-0.2, -0.15) is 0 Å². The van der Waals surface area contributed by atoms with Crippen LogP contribution in [-0.4, -0.2) is 4.98 Å². The molecule has 3 rings (SSSR count). The van der Waals surface area contributed by atoms with Crippen LogP contribution in [0.2, 0.25) is 0 Å². The van der Waals surface area contributed by atoms with Crippen molar-refractivity contribution in [3.63, 3.8) is 0 Å². The van der Waals surface area contributed by atoms with Crippen molar-refractivity contribution in [2.45, 2.75) is 6.92 Å². The van der Waals surface area contributed by atoms with Gasteiger partial charge in [-0.05, 0) is 13.0 Å². The van der Waals surface area contributed by atoms with Crippen molar-refractivity contribution in [3.05, 3.63) is 40.0 Å². The van der Waals surface area contributed by atoms with Gasteiger partial charge in [-0.3, -0.25) is 0 Å². The summed E-state index contributed by atoms with van der Waals surface area (Å²) in [5, 5.41) is 6.76. The highest BCUT2D eigenvalue weighted by Crippen LogP contribution is 2.33. The lowest BCUT2D eigenvalue weighted by atomic mass is 10.1. The fourth-order valence-corrected chi connectivity index (χ4v) is 3.23. The zero-order valence-electron chi connectivity index (χ0n) is 8.23. The summed E-state index contributed by atoms with van der Waals surface area (Å²) in [6.07, 6.45) is 0. The third-order valence-electron chi connectivity index (χ3n) is 2.38. The summed E-state index contributed by atoms with van der Waals surface area (Å²) in [6, 6.07) is 8.48. The van der Waals surface area contributed by atoms with Crippen LogP contribution >= 0.6 is 22.7 Å². The number of rotatable bonds is 1. The normalized spacial score (nSPS) is 11.0. The third kappa shape index (κ3) is 1.48. The molecule has 0 N–H and O–H groups in total. The van der Waals surface area contributed by atoms with E-state index in [0.717, 1.165) is 10.7 Å². The Kier molecular flexibility index (Phi) is 2.08. The molecule has 0 aliphatic carbocycles. The summed E-state index contributed by atoms with van der Waals surface area (Å²) in [5.74, 6) is 0. The van der Waals surface area contributed by atoms with Gasteiger partial charge in [0.2, 0.25) is 0 Å². The molecule has 0 radical (unpaired) electrons. The molecule has 0 amide bonds. The van der Waals surface area contributed by atoms with Gasteiger partial charge in [-0.1, -0.05) is 18.2 Å². The highest BCUT2D eigenvalue weighted by atomic mass is 32.1. The van der Waals surface area contributed by atoms with Gasteiger partial charge < -0.3 is 0 Å². The van der Waals surface area contributed by atoms with E-state index in [1.54, 1.807) is 22.7 Å². The lowest BCUT2D eigenvalue weighted by molar-refractivity contribution is 1.30. The Morgan fingerprint density at radius 1 is 1.07 bits per heavy atom. The van der Waals surface area contributed by atoms with E-state index in [-0.39, 0.29) is 0 Å². The van der Waals surface area contributed by atoms with E-state index in [0.29, 0.717) is 0 Å². The Balaban J connectivity index is 2.27. The maximum Gasteiger partial charge on any atom is 0.0901 e. The first-order valence-electron chi connectivity index (χ1n) is 4.73. The zero-order valence-corrected chi connectivity index (χ0v) is 9.86. The summed E-state index contributed by atoms with van der Waals surface area (Å²) in [6.45, 7) is 2.04. The third-order valence-corrected chi connectivity index (χ3v) is 4.11. The van der Waals surface area contributed by atoms with Gasteiger partial charge in [0.15, 0.2) is 0 Å². The molecule has 0 fully saturated rings. The van der Waals surface area contributed by atoms with E-state index in [1.165, 1.54) is 15.6 Å². The number of thiazole rings is 1. The minimum absolute atomic E-state index is 1.11.